The Bertz CT molecular complexity index is 815. The summed E-state index contributed by atoms with van der Waals surface area (Å²) in [4.78, 5) is 26.6. The lowest BCUT2D eigenvalue weighted by molar-refractivity contribution is -0.132. The molecule has 2 fully saturated rings. The fourth-order valence-electron chi connectivity index (χ4n) is 4.06. The van der Waals surface area contributed by atoms with Crippen molar-refractivity contribution in [1.29, 1.82) is 0 Å². The fraction of sp³-hybridized carbons (Fsp3) is 0.478. The minimum Gasteiger partial charge on any atom is -0.353 e. The van der Waals surface area contributed by atoms with Crippen molar-refractivity contribution in [2.24, 2.45) is 5.92 Å². The van der Waals surface area contributed by atoms with E-state index in [1.165, 1.54) is 10.8 Å². The summed E-state index contributed by atoms with van der Waals surface area (Å²) in [5, 5.41) is 5.42. The Labute approximate surface area is 160 Å². The summed E-state index contributed by atoms with van der Waals surface area (Å²) in [7, 11) is 0. The van der Waals surface area contributed by atoms with Gasteiger partial charge in [0.05, 0.1) is 6.42 Å². The highest BCUT2D eigenvalue weighted by Gasteiger charge is 2.26. The number of amides is 2. The van der Waals surface area contributed by atoms with Gasteiger partial charge < -0.3 is 10.2 Å². The molecular weight excluding hydrogens is 336 g/mol. The van der Waals surface area contributed by atoms with E-state index in [1.54, 1.807) is 0 Å². The molecule has 27 heavy (non-hydrogen) atoms. The Morgan fingerprint density at radius 3 is 2.48 bits per heavy atom. The molecule has 0 spiro atoms. The second-order valence-electron chi connectivity index (χ2n) is 8.02. The summed E-state index contributed by atoms with van der Waals surface area (Å²) in [6, 6.07) is 14.9. The van der Waals surface area contributed by atoms with E-state index in [4.69, 9.17) is 0 Å². The van der Waals surface area contributed by atoms with Gasteiger partial charge in [0.2, 0.25) is 11.8 Å². The maximum absolute atomic E-state index is 12.8. The number of likely N-dealkylation sites (tertiary alicyclic amines) is 1. The first-order chi connectivity index (χ1) is 13.2. The van der Waals surface area contributed by atoms with Crippen LogP contribution in [0.1, 0.15) is 44.1 Å². The maximum Gasteiger partial charge on any atom is 0.227 e. The Kier molecular flexibility index (Phi) is 5.42. The van der Waals surface area contributed by atoms with Gasteiger partial charge in [0.25, 0.3) is 0 Å². The van der Waals surface area contributed by atoms with Gasteiger partial charge in [0, 0.05) is 25.6 Å². The van der Waals surface area contributed by atoms with Crippen LogP contribution in [0, 0.1) is 5.92 Å². The van der Waals surface area contributed by atoms with Crippen molar-refractivity contribution < 1.29 is 9.59 Å². The molecule has 4 heteroatoms. The highest BCUT2D eigenvalue weighted by Crippen LogP contribution is 2.25. The van der Waals surface area contributed by atoms with Crippen molar-refractivity contribution >= 4 is 22.6 Å². The number of nitrogens with zero attached hydrogens (tertiary/aromatic N) is 1. The molecule has 2 aromatic rings. The maximum atomic E-state index is 12.8. The molecular formula is C23H28N2O2. The second kappa shape index (κ2) is 8.12. The van der Waals surface area contributed by atoms with E-state index in [9.17, 15) is 9.59 Å². The van der Waals surface area contributed by atoms with Crippen LogP contribution in [0.4, 0.5) is 0 Å². The molecule has 1 saturated heterocycles. The number of piperidine rings is 1. The molecule has 142 valence electrons. The number of rotatable bonds is 6. The monoisotopic (exact) mass is 364 g/mol. The van der Waals surface area contributed by atoms with Crippen LogP contribution in [-0.2, 0) is 16.0 Å². The highest BCUT2D eigenvalue weighted by atomic mass is 16.2. The molecule has 4 nitrogen and oxygen atoms in total. The van der Waals surface area contributed by atoms with Crippen LogP contribution in [-0.4, -0.2) is 35.8 Å². The van der Waals surface area contributed by atoms with Gasteiger partial charge in [-0.3, -0.25) is 9.59 Å². The van der Waals surface area contributed by atoms with Gasteiger partial charge in [-0.2, -0.15) is 0 Å². The summed E-state index contributed by atoms with van der Waals surface area (Å²) in [5.41, 5.74) is 1.11. The van der Waals surface area contributed by atoms with Gasteiger partial charge in [-0.15, -0.1) is 0 Å². The van der Waals surface area contributed by atoms with Crippen LogP contribution in [0.2, 0.25) is 0 Å². The number of nitrogens with one attached hydrogen (secondary N) is 1. The van der Waals surface area contributed by atoms with Gasteiger partial charge in [-0.1, -0.05) is 42.5 Å². The Balaban J connectivity index is 1.26. The van der Waals surface area contributed by atoms with Crippen molar-refractivity contribution in [3.05, 3.63) is 48.0 Å². The highest BCUT2D eigenvalue weighted by molar-refractivity contribution is 5.90. The summed E-state index contributed by atoms with van der Waals surface area (Å²) >= 11 is 0. The SMILES string of the molecule is O=C(CCC1CCN(C(=O)Cc2cccc3ccccc23)CC1)NC1CC1. The summed E-state index contributed by atoms with van der Waals surface area (Å²) < 4.78 is 0. The number of hydrogen-bond donors (Lipinski definition) is 1. The van der Waals surface area contributed by atoms with Crippen LogP contribution in [0.3, 0.4) is 0 Å². The molecule has 1 aliphatic heterocycles. The first-order valence-corrected chi connectivity index (χ1v) is 10.2. The van der Waals surface area contributed by atoms with Crippen molar-refractivity contribution in [2.45, 2.75) is 51.0 Å². The normalized spacial score (nSPS) is 17.9. The predicted octanol–water partition coefficient (Wildman–Crippen LogP) is 3.68. The zero-order valence-electron chi connectivity index (χ0n) is 15.8. The molecule has 4 rings (SSSR count). The number of hydrogen-bond acceptors (Lipinski definition) is 2. The first kappa shape index (κ1) is 18.0. The van der Waals surface area contributed by atoms with Gasteiger partial charge in [-0.25, -0.2) is 0 Å². The number of benzene rings is 2. The molecule has 0 radical (unpaired) electrons. The Morgan fingerprint density at radius 1 is 0.963 bits per heavy atom. The topological polar surface area (TPSA) is 49.4 Å². The zero-order valence-corrected chi connectivity index (χ0v) is 15.8. The first-order valence-electron chi connectivity index (χ1n) is 10.2. The summed E-state index contributed by atoms with van der Waals surface area (Å²) in [6.07, 6.45) is 6.35. The lowest BCUT2D eigenvalue weighted by atomic mass is 9.91. The molecule has 1 N–H and O–H groups in total. The van der Waals surface area contributed by atoms with Crippen molar-refractivity contribution in [3.63, 3.8) is 0 Å². The lowest BCUT2D eigenvalue weighted by Gasteiger charge is -2.32. The molecule has 2 amide bonds. The minimum atomic E-state index is 0.201. The minimum absolute atomic E-state index is 0.201. The smallest absolute Gasteiger partial charge is 0.227 e. The molecule has 1 aliphatic carbocycles. The van der Waals surface area contributed by atoms with Crippen LogP contribution in [0.5, 0.6) is 0 Å². The van der Waals surface area contributed by atoms with E-state index in [-0.39, 0.29) is 11.8 Å². The molecule has 0 unspecified atom stereocenters. The fourth-order valence-corrected chi connectivity index (χ4v) is 4.06. The van der Waals surface area contributed by atoms with E-state index < -0.39 is 0 Å². The standard InChI is InChI=1S/C23H28N2O2/c26-22(24-20-9-10-20)11-8-17-12-14-25(15-13-17)23(27)16-19-6-3-5-18-4-1-2-7-21(18)19/h1-7,17,20H,8-16H2,(H,24,26). The third-order valence-electron chi connectivity index (χ3n) is 5.91. The third-order valence-corrected chi connectivity index (χ3v) is 5.91. The average Bonchev–Trinajstić information content (AvgIpc) is 3.51. The number of carbonyl (C=O) groups excluding carboxylic acids is 2. The zero-order chi connectivity index (χ0) is 18.6. The van der Waals surface area contributed by atoms with Crippen molar-refractivity contribution in [2.75, 3.05) is 13.1 Å². The van der Waals surface area contributed by atoms with Crippen molar-refractivity contribution in [3.8, 4) is 0 Å². The molecule has 0 bridgehead atoms. The summed E-state index contributed by atoms with van der Waals surface area (Å²) in [5.74, 6) is 0.986. The molecule has 0 aromatic heterocycles. The largest absolute Gasteiger partial charge is 0.353 e. The van der Waals surface area contributed by atoms with Crippen LogP contribution < -0.4 is 5.32 Å². The molecule has 2 aromatic carbocycles. The van der Waals surface area contributed by atoms with Gasteiger partial charge in [0.15, 0.2) is 0 Å². The van der Waals surface area contributed by atoms with E-state index >= 15 is 0 Å². The van der Waals surface area contributed by atoms with Crippen LogP contribution in [0.25, 0.3) is 10.8 Å². The Morgan fingerprint density at radius 2 is 1.70 bits per heavy atom. The van der Waals surface area contributed by atoms with Crippen LogP contribution >= 0.6 is 0 Å². The number of carbonyl (C=O) groups is 2. The molecule has 2 aliphatic rings. The summed E-state index contributed by atoms with van der Waals surface area (Å²) in [6.45, 7) is 1.64. The van der Waals surface area contributed by atoms with E-state index in [2.05, 4.69) is 29.6 Å². The van der Waals surface area contributed by atoms with Crippen LogP contribution in [0.15, 0.2) is 42.5 Å². The van der Waals surface area contributed by atoms with Gasteiger partial charge >= 0.3 is 0 Å². The van der Waals surface area contributed by atoms with E-state index in [0.29, 0.717) is 24.8 Å². The average molecular weight is 364 g/mol. The van der Waals surface area contributed by atoms with Gasteiger partial charge in [0.1, 0.15) is 0 Å². The second-order valence-corrected chi connectivity index (χ2v) is 8.02. The molecule has 1 saturated carbocycles. The lowest BCUT2D eigenvalue weighted by Crippen LogP contribution is -2.39. The van der Waals surface area contributed by atoms with E-state index in [1.807, 2.05) is 23.1 Å². The quantitative estimate of drug-likeness (QED) is 0.850. The predicted molar refractivity (Wildman–Crippen MR) is 107 cm³/mol. The third kappa shape index (κ3) is 4.68. The molecule has 0 atom stereocenters. The van der Waals surface area contributed by atoms with Crippen molar-refractivity contribution in [1.82, 2.24) is 10.2 Å². The van der Waals surface area contributed by atoms with Gasteiger partial charge in [-0.05, 0) is 54.4 Å². The van der Waals surface area contributed by atoms with E-state index in [0.717, 1.165) is 50.8 Å². The number of fused-ring (bicyclic) bond motifs is 1. The Hall–Kier alpha value is -2.36. The molecule has 1 heterocycles.